The fourth-order valence-corrected chi connectivity index (χ4v) is 1.83. The van der Waals surface area contributed by atoms with E-state index in [1.54, 1.807) is 26.8 Å². The molecule has 0 radical (unpaired) electrons. The summed E-state index contributed by atoms with van der Waals surface area (Å²) in [5, 5.41) is 11.2. The van der Waals surface area contributed by atoms with Crippen molar-refractivity contribution in [2.45, 2.75) is 26.3 Å². The summed E-state index contributed by atoms with van der Waals surface area (Å²) in [6, 6.07) is 3.48. The Balaban J connectivity index is 2.50. The van der Waals surface area contributed by atoms with Gasteiger partial charge in [0, 0.05) is 5.69 Å². The number of nitrogens with one attached hydrogen (secondary N) is 1. The maximum absolute atomic E-state index is 11.9. The first kappa shape index (κ1) is 13.0. The second kappa shape index (κ2) is 4.31. The molecule has 0 saturated carbocycles. The summed E-state index contributed by atoms with van der Waals surface area (Å²) in [6.45, 7) is 5.05. The fraction of sp³-hybridized carbons (Fsp3) is 0.417. The van der Waals surface area contributed by atoms with E-state index in [1.807, 2.05) is 6.07 Å². The van der Waals surface area contributed by atoms with Gasteiger partial charge in [-0.15, -0.1) is 0 Å². The third-order valence-corrected chi connectivity index (χ3v) is 2.98. The summed E-state index contributed by atoms with van der Waals surface area (Å²) in [5.41, 5.74) is -0.137. The highest BCUT2D eigenvalue weighted by molar-refractivity contribution is 6.06. The van der Waals surface area contributed by atoms with Gasteiger partial charge in [0.1, 0.15) is 23.8 Å². The highest BCUT2D eigenvalue weighted by atomic mass is 16.2. The van der Waals surface area contributed by atoms with Crippen LogP contribution in [0.3, 0.4) is 0 Å². The maximum atomic E-state index is 11.9. The molecule has 0 aromatic carbocycles. The molecule has 1 aliphatic heterocycles. The Bertz CT molecular complexity index is 603. The van der Waals surface area contributed by atoms with Crippen molar-refractivity contribution in [3.63, 3.8) is 0 Å². The van der Waals surface area contributed by atoms with Crippen LogP contribution in [-0.4, -0.2) is 33.9 Å². The van der Waals surface area contributed by atoms with Crippen molar-refractivity contribution in [2.24, 2.45) is 0 Å². The van der Waals surface area contributed by atoms with Crippen LogP contribution in [-0.2, 0) is 9.59 Å². The maximum Gasteiger partial charge on any atom is 0.252 e. The lowest BCUT2D eigenvalue weighted by Crippen LogP contribution is -2.64. The van der Waals surface area contributed by atoms with Gasteiger partial charge in [-0.1, -0.05) is 0 Å². The topological polar surface area (TPSA) is 99.0 Å². The van der Waals surface area contributed by atoms with Crippen LogP contribution < -0.4 is 10.2 Å². The number of aryl methyl sites for hydroxylation is 1. The zero-order valence-electron chi connectivity index (χ0n) is 10.9. The third kappa shape index (κ3) is 2.25. The lowest BCUT2D eigenvalue weighted by Gasteiger charge is -2.40. The molecule has 1 aromatic rings. The molecular formula is C12H13N5O2. The van der Waals surface area contributed by atoms with Crippen molar-refractivity contribution in [3.8, 4) is 6.07 Å². The number of piperazine rings is 1. The predicted molar refractivity (Wildman–Crippen MR) is 66.1 cm³/mol. The van der Waals surface area contributed by atoms with Crippen molar-refractivity contribution in [3.05, 3.63) is 17.5 Å². The lowest BCUT2D eigenvalue weighted by molar-refractivity contribution is -0.135. The van der Waals surface area contributed by atoms with Gasteiger partial charge in [0.05, 0.1) is 0 Å². The van der Waals surface area contributed by atoms with Gasteiger partial charge in [0.15, 0.2) is 0 Å². The molecular weight excluding hydrogens is 246 g/mol. The Kier molecular flexibility index (Phi) is 2.94. The number of imide groups is 1. The fourth-order valence-electron chi connectivity index (χ4n) is 1.83. The molecule has 98 valence electrons. The summed E-state index contributed by atoms with van der Waals surface area (Å²) in [4.78, 5) is 33.1. The molecule has 7 nitrogen and oxygen atoms in total. The monoisotopic (exact) mass is 259 g/mol. The van der Waals surface area contributed by atoms with E-state index in [-0.39, 0.29) is 18.2 Å². The molecule has 0 atom stereocenters. The van der Waals surface area contributed by atoms with Crippen molar-refractivity contribution in [2.75, 3.05) is 11.4 Å². The first-order valence-electron chi connectivity index (χ1n) is 5.72. The minimum Gasteiger partial charge on any atom is -0.317 e. The molecule has 19 heavy (non-hydrogen) atoms. The summed E-state index contributed by atoms with van der Waals surface area (Å²) in [6.07, 6.45) is 0. The second-order valence-corrected chi connectivity index (χ2v) is 4.83. The zero-order valence-corrected chi connectivity index (χ0v) is 10.9. The van der Waals surface area contributed by atoms with Crippen LogP contribution >= 0.6 is 0 Å². The number of anilines is 1. The van der Waals surface area contributed by atoms with Crippen molar-refractivity contribution in [1.82, 2.24) is 15.3 Å². The quantitative estimate of drug-likeness (QED) is 0.707. The van der Waals surface area contributed by atoms with Gasteiger partial charge in [0.2, 0.25) is 11.9 Å². The molecule has 1 aliphatic rings. The molecule has 1 saturated heterocycles. The number of aromatic nitrogens is 2. The highest BCUT2D eigenvalue weighted by Crippen LogP contribution is 2.23. The van der Waals surface area contributed by atoms with E-state index in [4.69, 9.17) is 5.26 Å². The molecule has 1 N–H and O–H groups in total. The molecule has 2 heterocycles. The van der Waals surface area contributed by atoms with Gasteiger partial charge >= 0.3 is 0 Å². The SMILES string of the molecule is Cc1cc(C#N)nc(N2CC(=O)NC(=O)C2(C)C)n1. The Labute approximate surface area is 110 Å². The number of carbonyl (C=O) groups is 2. The average molecular weight is 259 g/mol. The second-order valence-electron chi connectivity index (χ2n) is 4.83. The Morgan fingerprint density at radius 1 is 1.42 bits per heavy atom. The number of nitriles is 1. The summed E-state index contributed by atoms with van der Waals surface area (Å²) in [7, 11) is 0. The zero-order chi connectivity index (χ0) is 14.2. The summed E-state index contributed by atoms with van der Waals surface area (Å²) in [5.74, 6) is -0.606. The number of carbonyl (C=O) groups excluding carboxylic acids is 2. The van der Waals surface area contributed by atoms with Crippen LogP contribution in [0, 0.1) is 18.3 Å². The van der Waals surface area contributed by atoms with Crippen LogP contribution in [0.25, 0.3) is 0 Å². The Hall–Kier alpha value is -2.49. The van der Waals surface area contributed by atoms with Gasteiger partial charge in [-0.05, 0) is 26.8 Å². The molecule has 2 rings (SSSR count). The van der Waals surface area contributed by atoms with Gasteiger partial charge in [-0.3, -0.25) is 14.9 Å². The van der Waals surface area contributed by atoms with E-state index < -0.39 is 17.4 Å². The molecule has 0 bridgehead atoms. The number of amides is 2. The van der Waals surface area contributed by atoms with Gasteiger partial charge in [-0.25, -0.2) is 9.97 Å². The minimum atomic E-state index is -0.950. The predicted octanol–water partition coefficient (Wildman–Crippen LogP) is -0.102. The summed E-state index contributed by atoms with van der Waals surface area (Å²) >= 11 is 0. The first-order valence-corrected chi connectivity index (χ1v) is 5.72. The van der Waals surface area contributed by atoms with E-state index in [2.05, 4.69) is 15.3 Å². The van der Waals surface area contributed by atoms with Crippen LogP contribution in [0.2, 0.25) is 0 Å². The van der Waals surface area contributed by atoms with E-state index in [0.717, 1.165) is 0 Å². The van der Waals surface area contributed by atoms with Crippen LogP contribution in [0.15, 0.2) is 6.07 Å². The first-order chi connectivity index (χ1) is 8.84. The lowest BCUT2D eigenvalue weighted by atomic mass is 9.99. The standard InChI is InChI=1S/C12H13N5O2/c1-7-4-8(5-13)15-11(14-7)17-6-9(18)16-10(19)12(17,2)3/h4H,6H2,1-3H3,(H,16,18,19). The van der Waals surface area contributed by atoms with E-state index in [1.165, 1.54) is 4.90 Å². The van der Waals surface area contributed by atoms with Crippen molar-refractivity contribution in [1.29, 1.82) is 5.26 Å². The Morgan fingerprint density at radius 3 is 2.74 bits per heavy atom. The number of rotatable bonds is 1. The molecule has 0 unspecified atom stereocenters. The highest BCUT2D eigenvalue weighted by Gasteiger charge is 2.42. The largest absolute Gasteiger partial charge is 0.317 e. The minimum absolute atomic E-state index is 0.0208. The third-order valence-electron chi connectivity index (χ3n) is 2.98. The molecule has 2 amide bonds. The van der Waals surface area contributed by atoms with Gasteiger partial charge in [0.25, 0.3) is 5.91 Å². The normalized spacial score (nSPS) is 17.9. The van der Waals surface area contributed by atoms with E-state index in [0.29, 0.717) is 5.69 Å². The van der Waals surface area contributed by atoms with Crippen LogP contribution in [0.1, 0.15) is 25.2 Å². The van der Waals surface area contributed by atoms with Gasteiger partial charge < -0.3 is 4.90 Å². The van der Waals surface area contributed by atoms with E-state index in [9.17, 15) is 9.59 Å². The van der Waals surface area contributed by atoms with Crippen LogP contribution in [0.4, 0.5) is 5.95 Å². The van der Waals surface area contributed by atoms with Crippen LogP contribution in [0.5, 0.6) is 0 Å². The molecule has 1 fully saturated rings. The smallest absolute Gasteiger partial charge is 0.252 e. The average Bonchev–Trinajstić information content (AvgIpc) is 2.33. The van der Waals surface area contributed by atoms with Crippen molar-refractivity contribution >= 4 is 17.8 Å². The number of nitrogens with zero attached hydrogens (tertiary/aromatic N) is 4. The summed E-state index contributed by atoms with van der Waals surface area (Å²) < 4.78 is 0. The molecule has 1 aromatic heterocycles. The molecule has 0 aliphatic carbocycles. The van der Waals surface area contributed by atoms with Crippen molar-refractivity contribution < 1.29 is 9.59 Å². The Morgan fingerprint density at radius 2 is 2.11 bits per heavy atom. The number of hydrogen-bond donors (Lipinski definition) is 1. The molecule has 0 spiro atoms. The van der Waals surface area contributed by atoms with Gasteiger partial charge in [-0.2, -0.15) is 5.26 Å². The number of hydrogen-bond acceptors (Lipinski definition) is 6. The molecule has 7 heteroatoms. The van der Waals surface area contributed by atoms with E-state index >= 15 is 0 Å².